The minimum atomic E-state index is -0.852. The van der Waals surface area contributed by atoms with Crippen LogP contribution in [0.25, 0.3) is 0 Å². The van der Waals surface area contributed by atoms with Crippen molar-refractivity contribution in [3.05, 3.63) is 64.7 Å². The normalized spacial score (nSPS) is 15.3. The van der Waals surface area contributed by atoms with E-state index in [1.54, 1.807) is 25.7 Å². The molecule has 3 amide bonds. The smallest absolute Gasteiger partial charge is 0.408 e. The summed E-state index contributed by atoms with van der Waals surface area (Å²) in [6, 6.07) is 11.8. The lowest BCUT2D eigenvalue weighted by Gasteiger charge is -2.44. The van der Waals surface area contributed by atoms with Gasteiger partial charge in [0.1, 0.15) is 17.7 Å². The van der Waals surface area contributed by atoms with Gasteiger partial charge < -0.3 is 20.3 Å². The van der Waals surface area contributed by atoms with Crippen LogP contribution in [-0.2, 0) is 14.3 Å². The second kappa shape index (κ2) is 12.0. The molecule has 1 aliphatic carbocycles. The number of benzene rings is 2. The third-order valence-electron chi connectivity index (χ3n) is 6.98. The molecule has 2 aromatic carbocycles. The summed E-state index contributed by atoms with van der Waals surface area (Å²) in [4.78, 5) is 42.8. The number of carbonyl (C=O) groups is 3. The molecule has 2 N–H and O–H groups in total. The number of para-hydroxylation sites is 1. The van der Waals surface area contributed by atoms with E-state index in [1.165, 1.54) is 0 Å². The maximum Gasteiger partial charge on any atom is 0.408 e. The average Bonchev–Trinajstić information content (AvgIpc) is 2.76. The van der Waals surface area contributed by atoms with Crippen LogP contribution < -0.4 is 10.6 Å². The van der Waals surface area contributed by atoms with Crippen molar-refractivity contribution in [2.45, 2.75) is 98.4 Å². The average molecular weight is 522 g/mol. The molecule has 38 heavy (non-hydrogen) atoms. The number of carbonyl (C=O) groups excluding carboxylic acids is 3. The molecule has 7 heteroatoms. The summed E-state index contributed by atoms with van der Waals surface area (Å²) >= 11 is 0. The van der Waals surface area contributed by atoms with Gasteiger partial charge in [-0.15, -0.1) is 0 Å². The SMILES string of the molecule is Cc1ccc(C(C(=O)Nc2ccccc2C)N(C(=O)C(NC(=O)OC(C)(C)C)C(C)C)C2CCC2)c(C)c1. The fourth-order valence-electron chi connectivity index (χ4n) is 4.76. The van der Waals surface area contributed by atoms with Gasteiger partial charge in [0.15, 0.2) is 0 Å². The fraction of sp³-hybridized carbons (Fsp3) is 0.516. The standard InChI is InChI=1S/C31H43N3O4/c1-19(2)26(33-30(37)38-31(6,7)8)29(36)34(23-13-11-14-23)27(24-17-16-20(3)18-22(24)5)28(35)32-25-15-10-9-12-21(25)4/h9-10,12,15-19,23,26-27H,11,13-14H2,1-8H3,(H,32,35)(H,33,37). The van der Waals surface area contributed by atoms with Crippen molar-refractivity contribution in [2.75, 3.05) is 5.32 Å². The first kappa shape index (κ1) is 29.2. The monoisotopic (exact) mass is 521 g/mol. The molecule has 0 bridgehead atoms. The van der Waals surface area contributed by atoms with E-state index in [9.17, 15) is 14.4 Å². The zero-order valence-electron chi connectivity index (χ0n) is 24.1. The van der Waals surface area contributed by atoms with E-state index in [0.717, 1.165) is 41.5 Å². The Labute approximate surface area is 227 Å². The zero-order chi connectivity index (χ0) is 28.2. The van der Waals surface area contributed by atoms with Crippen LogP contribution in [0.15, 0.2) is 42.5 Å². The topological polar surface area (TPSA) is 87.7 Å². The van der Waals surface area contributed by atoms with Gasteiger partial charge in [0.25, 0.3) is 5.91 Å². The van der Waals surface area contributed by atoms with E-state index in [2.05, 4.69) is 10.6 Å². The molecule has 0 radical (unpaired) electrons. The lowest BCUT2D eigenvalue weighted by Crippen LogP contribution is -2.58. The van der Waals surface area contributed by atoms with E-state index < -0.39 is 23.8 Å². The van der Waals surface area contributed by atoms with E-state index in [1.807, 2.05) is 77.1 Å². The maximum atomic E-state index is 14.3. The Morgan fingerprint density at radius 2 is 1.63 bits per heavy atom. The van der Waals surface area contributed by atoms with Crippen LogP contribution in [-0.4, -0.2) is 40.5 Å². The molecule has 0 aliphatic heterocycles. The van der Waals surface area contributed by atoms with Gasteiger partial charge in [0.05, 0.1) is 0 Å². The number of alkyl carbamates (subject to hydrolysis) is 1. The molecular weight excluding hydrogens is 478 g/mol. The Balaban J connectivity index is 2.06. The number of rotatable bonds is 8. The Morgan fingerprint density at radius 3 is 2.16 bits per heavy atom. The quantitative estimate of drug-likeness (QED) is 0.432. The Hall–Kier alpha value is -3.35. The number of anilines is 1. The van der Waals surface area contributed by atoms with Gasteiger partial charge in [-0.2, -0.15) is 0 Å². The van der Waals surface area contributed by atoms with Crippen LogP contribution in [0.5, 0.6) is 0 Å². The van der Waals surface area contributed by atoms with Crippen LogP contribution in [0.4, 0.5) is 10.5 Å². The van der Waals surface area contributed by atoms with Gasteiger partial charge in [0.2, 0.25) is 5.91 Å². The molecule has 0 spiro atoms. The summed E-state index contributed by atoms with van der Waals surface area (Å²) in [5.74, 6) is -0.761. The third kappa shape index (κ3) is 7.15. The van der Waals surface area contributed by atoms with Gasteiger partial charge >= 0.3 is 6.09 Å². The third-order valence-corrected chi connectivity index (χ3v) is 6.98. The Kier molecular flexibility index (Phi) is 9.23. The van der Waals surface area contributed by atoms with Crippen molar-refractivity contribution in [3.63, 3.8) is 0 Å². The van der Waals surface area contributed by atoms with Gasteiger partial charge in [-0.1, -0.05) is 55.8 Å². The second-order valence-corrected chi connectivity index (χ2v) is 11.8. The van der Waals surface area contributed by atoms with E-state index in [0.29, 0.717) is 5.69 Å². The van der Waals surface area contributed by atoms with Crippen LogP contribution in [0.2, 0.25) is 0 Å². The van der Waals surface area contributed by atoms with Crippen molar-refractivity contribution >= 4 is 23.6 Å². The van der Waals surface area contributed by atoms with Crippen molar-refractivity contribution in [2.24, 2.45) is 5.92 Å². The van der Waals surface area contributed by atoms with Crippen LogP contribution >= 0.6 is 0 Å². The predicted octanol–water partition coefficient (Wildman–Crippen LogP) is 6.22. The summed E-state index contributed by atoms with van der Waals surface area (Å²) in [6.45, 7) is 15.0. The van der Waals surface area contributed by atoms with Crippen molar-refractivity contribution < 1.29 is 19.1 Å². The molecule has 1 fully saturated rings. The van der Waals surface area contributed by atoms with E-state index in [4.69, 9.17) is 4.74 Å². The van der Waals surface area contributed by atoms with Crippen LogP contribution in [0.3, 0.4) is 0 Å². The molecule has 7 nitrogen and oxygen atoms in total. The van der Waals surface area contributed by atoms with E-state index in [-0.39, 0.29) is 23.8 Å². The summed E-state index contributed by atoms with van der Waals surface area (Å²) in [5, 5.41) is 5.88. The molecule has 0 heterocycles. The number of hydrogen-bond donors (Lipinski definition) is 2. The minimum absolute atomic E-state index is 0.0995. The Bertz CT molecular complexity index is 1160. The lowest BCUT2D eigenvalue weighted by molar-refractivity contribution is -0.146. The van der Waals surface area contributed by atoms with Gasteiger partial charge in [-0.3, -0.25) is 9.59 Å². The molecule has 0 saturated heterocycles. The van der Waals surface area contributed by atoms with E-state index >= 15 is 0 Å². The highest BCUT2D eigenvalue weighted by molar-refractivity contribution is 5.99. The van der Waals surface area contributed by atoms with Crippen molar-refractivity contribution in [1.82, 2.24) is 10.2 Å². The highest BCUT2D eigenvalue weighted by Gasteiger charge is 2.43. The van der Waals surface area contributed by atoms with Gasteiger partial charge in [-0.25, -0.2) is 4.79 Å². The minimum Gasteiger partial charge on any atom is -0.444 e. The maximum absolute atomic E-state index is 14.3. The van der Waals surface area contributed by atoms with Gasteiger partial charge in [-0.05, 0) is 89.5 Å². The lowest BCUT2D eigenvalue weighted by atomic mass is 9.86. The first-order valence-corrected chi connectivity index (χ1v) is 13.5. The molecule has 1 saturated carbocycles. The molecule has 2 atom stereocenters. The first-order valence-electron chi connectivity index (χ1n) is 13.5. The zero-order valence-corrected chi connectivity index (χ0v) is 24.1. The molecule has 2 aromatic rings. The van der Waals surface area contributed by atoms with Crippen LogP contribution in [0.1, 0.15) is 82.2 Å². The summed E-state index contributed by atoms with van der Waals surface area (Å²) in [5.41, 5.74) is 3.75. The second-order valence-electron chi connectivity index (χ2n) is 11.8. The number of aryl methyl sites for hydroxylation is 3. The highest BCUT2D eigenvalue weighted by atomic mass is 16.6. The van der Waals surface area contributed by atoms with Crippen molar-refractivity contribution in [3.8, 4) is 0 Å². The first-order chi connectivity index (χ1) is 17.8. The molecule has 3 rings (SSSR count). The largest absolute Gasteiger partial charge is 0.444 e. The predicted molar refractivity (Wildman–Crippen MR) is 151 cm³/mol. The Morgan fingerprint density at radius 1 is 0.974 bits per heavy atom. The molecule has 1 aliphatic rings. The summed E-state index contributed by atoms with van der Waals surface area (Å²) in [6.07, 6.45) is 1.95. The molecule has 0 aromatic heterocycles. The molecular formula is C31H43N3O4. The summed E-state index contributed by atoms with van der Waals surface area (Å²) in [7, 11) is 0. The number of hydrogen-bond acceptors (Lipinski definition) is 4. The number of nitrogens with zero attached hydrogens (tertiary/aromatic N) is 1. The summed E-state index contributed by atoms with van der Waals surface area (Å²) < 4.78 is 5.47. The number of ether oxygens (including phenoxy) is 1. The number of amides is 3. The highest BCUT2D eigenvalue weighted by Crippen LogP contribution is 2.36. The van der Waals surface area contributed by atoms with Crippen molar-refractivity contribution in [1.29, 1.82) is 0 Å². The fourth-order valence-corrected chi connectivity index (χ4v) is 4.76. The van der Waals surface area contributed by atoms with Gasteiger partial charge in [0, 0.05) is 11.7 Å². The molecule has 2 unspecified atom stereocenters. The molecule has 206 valence electrons. The van der Waals surface area contributed by atoms with Crippen LogP contribution in [0, 0.1) is 26.7 Å². The number of nitrogens with one attached hydrogen (secondary N) is 2.